The lowest BCUT2D eigenvalue weighted by molar-refractivity contribution is -0.937. The molecule has 1 atom stereocenters. The summed E-state index contributed by atoms with van der Waals surface area (Å²) in [6.07, 6.45) is 0.832. The van der Waals surface area contributed by atoms with Gasteiger partial charge in [-0.1, -0.05) is 0 Å². The van der Waals surface area contributed by atoms with Crippen LogP contribution in [0.2, 0.25) is 0 Å². The van der Waals surface area contributed by atoms with Gasteiger partial charge < -0.3 is 34.6 Å². The fraction of sp³-hybridized carbons (Fsp3) is 0.600. The maximum Gasteiger partial charge on any atom is 0.309 e. The number of benzene rings is 1. The van der Waals surface area contributed by atoms with Gasteiger partial charge in [0.15, 0.2) is 11.5 Å². The summed E-state index contributed by atoms with van der Waals surface area (Å²) in [6.45, 7) is 5.06. The van der Waals surface area contributed by atoms with E-state index in [4.69, 9.17) is 14.2 Å². The first-order valence-corrected chi connectivity index (χ1v) is 10.2. The summed E-state index contributed by atoms with van der Waals surface area (Å²) in [4.78, 5) is 27.0. The molecule has 0 aliphatic carbocycles. The molecule has 0 saturated carbocycles. The van der Waals surface area contributed by atoms with Gasteiger partial charge in [-0.3, -0.25) is 9.59 Å². The second-order valence-corrected chi connectivity index (χ2v) is 7.71. The van der Waals surface area contributed by atoms with Crippen molar-refractivity contribution in [3.8, 4) is 11.5 Å². The highest BCUT2D eigenvalue weighted by atomic mass is 16.7. The Kier molecular flexibility index (Phi) is 7.68. The second-order valence-electron chi connectivity index (χ2n) is 7.71. The predicted molar refractivity (Wildman–Crippen MR) is 105 cm³/mol. The molecule has 1 saturated heterocycles. The second kappa shape index (κ2) is 10.4. The molecular formula is C20H32N4O5+2. The fourth-order valence-corrected chi connectivity index (χ4v) is 3.61. The molecule has 0 radical (unpaired) electrons. The Hall–Kier alpha value is -2.36. The smallest absolute Gasteiger partial charge is 0.309 e. The van der Waals surface area contributed by atoms with Gasteiger partial charge in [-0.15, -0.1) is 0 Å². The SMILES string of the molecule is C[NH+](C)CCCNC(=O)C(=O)NC[C@H](c1ccc2c(c1)OCO2)[NH+]1CCOCC1. The van der Waals surface area contributed by atoms with Crippen molar-refractivity contribution in [2.75, 3.05) is 66.8 Å². The molecule has 2 heterocycles. The number of amides is 2. The topological polar surface area (TPSA) is 94.8 Å². The minimum atomic E-state index is -0.597. The largest absolute Gasteiger partial charge is 0.454 e. The average Bonchev–Trinajstić information content (AvgIpc) is 3.19. The summed E-state index contributed by atoms with van der Waals surface area (Å²) >= 11 is 0. The molecule has 160 valence electrons. The highest BCUT2D eigenvalue weighted by molar-refractivity contribution is 6.35. The minimum absolute atomic E-state index is 0.00231. The zero-order valence-electron chi connectivity index (χ0n) is 17.2. The number of hydrogen-bond donors (Lipinski definition) is 4. The van der Waals surface area contributed by atoms with Crippen molar-refractivity contribution in [3.05, 3.63) is 23.8 Å². The Morgan fingerprint density at radius 3 is 2.59 bits per heavy atom. The maximum atomic E-state index is 12.3. The van der Waals surface area contributed by atoms with E-state index in [1.165, 1.54) is 9.80 Å². The van der Waals surface area contributed by atoms with E-state index in [-0.39, 0.29) is 12.8 Å². The number of rotatable bonds is 8. The standard InChI is InChI=1S/C20H30N4O5/c1-23(2)7-3-6-21-19(25)20(26)22-13-16(24-8-10-27-11-9-24)15-4-5-17-18(12-15)29-14-28-17/h4-5,12,16H,3,6-11,13-14H2,1-2H3,(H,21,25)(H,22,26)/p+2/t16-/m1/s1. The normalized spacial score (nSPS) is 17.2. The molecule has 4 N–H and O–H groups in total. The van der Waals surface area contributed by atoms with Gasteiger partial charge in [0.05, 0.1) is 40.4 Å². The van der Waals surface area contributed by atoms with E-state index in [0.717, 1.165) is 37.4 Å². The number of hydrogen-bond acceptors (Lipinski definition) is 5. The van der Waals surface area contributed by atoms with Crippen LogP contribution in [0.4, 0.5) is 0 Å². The molecule has 0 bridgehead atoms. The highest BCUT2D eigenvalue weighted by Crippen LogP contribution is 2.33. The number of morpholine rings is 1. The van der Waals surface area contributed by atoms with Crippen LogP contribution in [0.15, 0.2) is 18.2 Å². The van der Waals surface area contributed by atoms with Crippen LogP contribution in [0, 0.1) is 0 Å². The molecule has 3 rings (SSSR count). The number of carbonyl (C=O) groups excluding carboxylic acids is 2. The molecule has 1 aromatic carbocycles. The van der Waals surface area contributed by atoms with Crippen molar-refractivity contribution < 1.29 is 33.6 Å². The van der Waals surface area contributed by atoms with Crippen LogP contribution in [-0.4, -0.2) is 78.6 Å². The summed E-state index contributed by atoms with van der Waals surface area (Å²) in [7, 11) is 4.11. The van der Waals surface area contributed by atoms with Gasteiger partial charge in [0, 0.05) is 18.5 Å². The molecule has 0 aromatic heterocycles. The lowest BCUT2D eigenvalue weighted by Gasteiger charge is -2.32. The maximum absolute atomic E-state index is 12.3. The van der Waals surface area contributed by atoms with Gasteiger partial charge in [0.2, 0.25) is 6.79 Å². The van der Waals surface area contributed by atoms with Crippen molar-refractivity contribution in [3.63, 3.8) is 0 Å². The fourth-order valence-electron chi connectivity index (χ4n) is 3.61. The van der Waals surface area contributed by atoms with Crippen LogP contribution in [0.1, 0.15) is 18.0 Å². The summed E-state index contributed by atoms with van der Waals surface area (Å²) < 4.78 is 16.4. The van der Waals surface area contributed by atoms with Crippen LogP contribution in [0.3, 0.4) is 0 Å². The van der Waals surface area contributed by atoms with Crippen molar-refractivity contribution in [1.82, 2.24) is 10.6 Å². The molecule has 2 aliphatic heterocycles. The number of ether oxygens (including phenoxy) is 3. The molecule has 9 heteroatoms. The first-order valence-electron chi connectivity index (χ1n) is 10.2. The van der Waals surface area contributed by atoms with Crippen molar-refractivity contribution in [2.45, 2.75) is 12.5 Å². The summed E-state index contributed by atoms with van der Waals surface area (Å²) in [5, 5.41) is 5.49. The van der Waals surface area contributed by atoms with Gasteiger partial charge in [-0.25, -0.2) is 0 Å². The number of nitrogens with one attached hydrogen (secondary N) is 4. The van der Waals surface area contributed by atoms with E-state index >= 15 is 0 Å². The van der Waals surface area contributed by atoms with Gasteiger partial charge >= 0.3 is 11.8 Å². The van der Waals surface area contributed by atoms with Gasteiger partial charge in [-0.05, 0) is 18.2 Å². The van der Waals surface area contributed by atoms with Crippen molar-refractivity contribution in [2.24, 2.45) is 0 Å². The monoisotopic (exact) mass is 408 g/mol. The third-order valence-corrected chi connectivity index (χ3v) is 5.24. The summed E-state index contributed by atoms with van der Waals surface area (Å²) in [6, 6.07) is 5.86. The molecule has 1 aromatic rings. The van der Waals surface area contributed by atoms with E-state index in [9.17, 15) is 9.59 Å². The predicted octanol–water partition coefficient (Wildman–Crippen LogP) is -2.86. The molecular weight excluding hydrogens is 376 g/mol. The average molecular weight is 408 g/mol. The highest BCUT2D eigenvalue weighted by Gasteiger charge is 2.29. The van der Waals surface area contributed by atoms with Crippen molar-refractivity contribution >= 4 is 11.8 Å². The van der Waals surface area contributed by atoms with Crippen LogP contribution in [-0.2, 0) is 14.3 Å². The third-order valence-electron chi connectivity index (χ3n) is 5.24. The van der Waals surface area contributed by atoms with E-state index in [0.29, 0.717) is 32.1 Å². The quantitative estimate of drug-likeness (QED) is 0.274. The lowest BCUT2D eigenvalue weighted by atomic mass is 10.0. The Balaban J connectivity index is 1.58. The van der Waals surface area contributed by atoms with E-state index in [1.54, 1.807) is 0 Å². The van der Waals surface area contributed by atoms with Gasteiger partial charge in [-0.2, -0.15) is 0 Å². The molecule has 0 unspecified atom stereocenters. The van der Waals surface area contributed by atoms with Crippen molar-refractivity contribution in [1.29, 1.82) is 0 Å². The van der Waals surface area contributed by atoms with E-state index in [1.807, 2.05) is 18.2 Å². The van der Waals surface area contributed by atoms with E-state index < -0.39 is 11.8 Å². The van der Waals surface area contributed by atoms with Crippen LogP contribution in [0.5, 0.6) is 11.5 Å². The zero-order valence-corrected chi connectivity index (χ0v) is 17.2. The Morgan fingerprint density at radius 2 is 1.83 bits per heavy atom. The third kappa shape index (κ3) is 6.06. The molecule has 9 nitrogen and oxygen atoms in total. The molecule has 29 heavy (non-hydrogen) atoms. The first-order chi connectivity index (χ1) is 14.0. The van der Waals surface area contributed by atoms with Gasteiger partial charge in [0.25, 0.3) is 0 Å². The Labute approximate surface area is 171 Å². The Bertz CT molecular complexity index is 706. The summed E-state index contributed by atoms with van der Waals surface area (Å²) in [5.41, 5.74) is 1.04. The minimum Gasteiger partial charge on any atom is -0.454 e. The molecule has 1 fully saturated rings. The van der Waals surface area contributed by atoms with Crippen LogP contribution >= 0.6 is 0 Å². The van der Waals surface area contributed by atoms with E-state index in [2.05, 4.69) is 24.7 Å². The summed E-state index contributed by atoms with van der Waals surface area (Å²) in [5.74, 6) is 0.264. The molecule has 2 aliphatic rings. The lowest BCUT2D eigenvalue weighted by Crippen LogP contribution is -3.15. The first kappa shape index (κ1) is 21.4. The zero-order chi connectivity index (χ0) is 20.6. The molecule has 0 spiro atoms. The number of fused-ring (bicyclic) bond motifs is 1. The van der Waals surface area contributed by atoms with Crippen LogP contribution < -0.4 is 29.9 Å². The Morgan fingerprint density at radius 1 is 1.10 bits per heavy atom. The number of carbonyl (C=O) groups is 2. The van der Waals surface area contributed by atoms with Crippen LogP contribution in [0.25, 0.3) is 0 Å². The molecule has 2 amide bonds. The number of quaternary nitrogens is 2. The van der Waals surface area contributed by atoms with Gasteiger partial charge in [0.1, 0.15) is 19.1 Å².